The van der Waals surface area contributed by atoms with Crippen molar-refractivity contribution in [2.45, 2.75) is 46.6 Å². The first-order chi connectivity index (χ1) is 18.2. The van der Waals surface area contributed by atoms with E-state index < -0.39 is 0 Å². The topological polar surface area (TPSA) is 109 Å². The summed E-state index contributed by atoms with van der Waals surface area (Å²) in [7, 11) is 3.35. The number of carbonyl (C=O) groups is 2. The van der Waals surface area contributed by atoms with Crippen LogP contribution in [0.1, 0.15) is 44.7 Å². The highest BCUT2D eigenvalue weighted by Gasteiger charge is 2.18. The summed E-state index contributed by atoms with van der Waals surface area (Å²) in [5.41, 5.74) is 4.79. The summed E-state index contributed by atoms with van der Waals surface area (Å²) in [5.74, 6) is 0.182. The first kappa shape index (κ1) is 28.3. The van der Waals surface area contributed by atoms with Crippen LogP contribution in [0.4, 0.5) is 16.2 Å². The molecular weight excluding hydrogens is 480 g/mol. The number of nitrogens with zero attached hydrogens (tertiary/aromatic N) is 4. The van der Waals surface area contributed by atoms with Gasteiger partial charge in [-0.2, -0.15) is 0 Å². The Morgan fingerprint density at radius 3 is 2.45 bits per heavy atom. The Morgan fingerprint density at radius 2 is 1.79 bits per heavy atom. The van der Waals surface area contributed by atoms with E-state index in [2.05, 4.69) is 27.5 Å². The van der Waals surface area contributed by atoms with Crippen molar-refractivity contribution < 1.29 is 14.3 Å². The van der Waals surface area contributed by atoms with Gasteiger partial charge in [-0.3, -0.25) is 14.8 Å². The Hall–Kier alpha value is -4.27. The van der Waals surface area contributed by atoms with Gasteiger partial charge < -0.3 is 20.3 Å². The predicted octanol–water partition coefficient (Wildman–Crippen LogP) is 5.56. The van der Waals surface area contributed by atoms with E-state index in [9.17, 15) is 9.59 Å². The van der Waals surface area contributed by atoms with Crippen molar-refractivity contribution in [1.82, 2.24) is 14.9 Å². The Kier molecular flexibility index (Phi) is 9.92. The number of ether oxygens (including phenoxy) is 1. The number of anilines is 2. The van der Waals surface area contributed by atoms with Crippen LogP contribution >= 0.6 is 0 Å². The minimum absolute atomic E-state index is 0.00985. The summed E-state index contributed by atoms with van der Waals surface area (Å²) < 4.78 is 5.59. The molecule has 2 aromatic heterocycles. The number of rotatable bonds is 10. The lowest BCUT2D eigenvalue weighted by molar-refractivity contribution is -0.110. The molecule has 3 amide bonds. The molecule has 2 N–H and O–H groups in total. The molecule has 0 bridgehead atoms. The molecule has 9 nitrogen and oxygen atoms in total. The third-order valence-corrected chi connectivity index (χ3v) is 5.57. The van der Waals surface area contributed by atoms with Gasteiger partial charge in [0.25, 0.3) is 5.91 Å². The predicted molar refractivity (Wildman–Crippen MR) is 152 cm³/mol. The zero-order valence-corrected chi connectivity index (χ0v) is 22.9. The Bertz CT molecular complexity index is 1290. The van der Waals surface area contributed by atoms with Crippen LogP contribution in [0.3, 0.4) is 0 Å². The summed E-state index contributed by atoms with van der Waals surface area (Å²) in [6, 6.07) is 11.0. The van der Waals surface area contributed by atoms with Crippen LogP contribution in [0.2, 0.25) is 0 Å². The highest BCUT2D eigenvalue weighted by Crippen LogP contribution is 2.25. The molecule has 200 valence electrons. The zero-order valence-electron chi connectivity index (χ0n) is 22.9. The van der Waals surface area contributed by atoms with Gasteiger partial charge in [-0.05, 0) is 56.5 Å². The maximum Gasteiger partial charge on any atom is 0.321 e. The van der Waals surface area contributed by atoms with E-state index in [4.69, 9.17) is 9.73 Å². The third-order valence-electron chi connectivity index (χ3n) is 5.57. The molecule has 2 heterocycles. The van der Waals surface area contributed by atoms with E-state index >= 15 is 0 Å². The van der Waals surface area contributed by atoms with Crippen molar-refractivity contribution in [1.29, 1.82) is 0 Å². The molecule has 3 aromatic rings. The number of aliphatic imine (C=N–C) groups is 1. The van der Waals surface area contributed by atoms with Crippen molar-refractivity contribution in [3.8, 4) is 17.0 Å². The summed E-state index contributed by atoms with van der Waals surface area (Å²) in [4.78, 5) is 40.2. The molecule has 1 aromatic carbocycles. The maximum absolute atomic E-state index is 13.4. The number of aromatic nitrogens is 2. The second kappa shape index (κ2) is 13.3. The molecule has 0 radical (unpaired) electrons. The molecule has 0 atom stereocenters. The summed E-state index contributed by atoms with van der Waals surface area (Å²) >= 11 is 0. The molecule has 3 rings (SSSR count). The van der Waals surface area contributed by atoms with Crippen LogP contribution in [-0.2, 0) is 4.79 Å². The SMILES string of the molecule is CCCCN=C(C(=O)Nc1ccc(OC(C)C)nc1)c1cc(-c2cncc(NC(=O)N(C)C)c2)ccc1C. The van der Waals surface area contributed by atoms with Gasteiger partial charge in [0.05, 0.1) is 29.9 Å². The molecule has 0 aliphatic rings. The lowest BCUT2D eigenvalue weighted by Gasteiger charge is -2.14. The number of nitrogens with one attached hydrogen (secondary N) is 2. The van der Waals surface area contributed by atoms with E-state index in [0.29, 0.717) is 29.5 Å². The van der Waals surface area contributed by atoms with Crippen LogP contribution < -0.4 is 15.4 Å². The number of urea groups is 1. The molecule has 0 unspecified atom stereocenters. The minimum atomic E-state index is -0.314. The number of hydrogen-bond donors (Lipinski definition) is 2. The van der Waals surface area contributed by atoms with Crippen LogP contribution in [0.25, 0.3) is 11.1 Å². The average Bonchev–Trinajstić information content (AvgIpc) is 2.88. The van der Waals surface area contributed by atoms with Crippen LogP contribution in [0.5, 0.6) is 5.88 Å². The fourth-order valence-corrected chi connectivity index (χ4v) is 3.54. The van der Waals surface area contributed by atoms with Crippen LogP contribution in [0.15, 0.2) is 60.0 Å². The van der Waals surface area contributed by atoms with E-state index in [-0.39, 0.29) is 18.0 Å². The molecule has 0 fully saturated rings. The fourth-order valence-electron chi connectivity index (χ4n) is 3.54. The number of unbranched alkanes of at least 4 members (excludes halogenated alkanes) is 1. The molecule has 0 spiro atoms. The number of amides is 3. The first-order valence-corrected chi connectivity index (χ1v) is 12.7. The molecule has 38 heavy (non-hydrogen) atoms. The van der Waals surface area contributed by atoms with E-state index in [1.807, 2.05) is 45.0 Å². The standard InChI is InChI=1S/C29H36N6O3/c1-7-8-13-31-27(28(36)33-23-11-12-26(32-18-23)38-19(2)3)25-15-21(10-9-20(25)4)22-14-24(17-30-16-22)34-29(37)35(5)6/h9-12,14-19H,7-8,13H2,1-6H3,(H,33,36)(H,34,37). The Labute approximate surface area is 224 Å². The van der Waals surface area contributed by atoms with Crippen LogP contribution in [0, 0.1) is 6.92 Å². The molecule has 0 aliphatic carbocycles. The van der Waals surface area contributed by atoms with Gasteiger partial charge >= 0.3 is 6.03 Å². The van der Waals surface area contributed by atoms with Gasteiger partial charge in [-0.15, -0.1) is 0 Å². The van der Waals surface area contributed by atoms with Gasteiger partial charge in [-0.25, -0.2) is 9.78 Å². The zero-order chi connectivity index (χ0) is 27.7. The third kappa shape index (κ3) is 7.86. The van der Waals surface area contributed by atoms with Gasteiger partial charge in [0.1, 0.15) is 5.71 Å². The Morgan fingerprint density at radius 1 is 1.00 bits per heavy atom. The van der Waals surface area contributed by atoms with Gasteiger partial charge in [0, 0.05) is 44.0 Å². The number of hydrogen-bond acceptors (Lipinski definition) is 6. The summed E-state index contributed by atoms with van der Waals surface area (Å²) in [6.07, 6.45) is 6.74. The van der Waals surface area contributed by atoms with E-state index in [1.165, 1.54) is 4.90 Å². The molecule has 9 heteroatoms. The van der Waals surface area contributed by atoms with Crippen molar-refractivity contribution in [3.05, 3.63) is 66.1 Å². The van der Waals surface area contributed by atoms with Crippen LogP contribution in [-0.4, -0.2) is 59.3 Å². The summed E-state index contributed by atoms with van der Waals surface area (Å²) in [5, 5.41) is 5.74. The molecule has 0 saturated heterocycles. The second-order valence-electron chi connectivity index (χ2n) is 9.41. The van der Waals surface area contributed by atoms with E-state index in [0.717, 1.165) is 35.1 Å². The maximum atomic E-state index is 13.4. The summed E-state index contributed by atoms with van der Waals surface area (Å²) in [6.45, 7) is 8.43. The van der Waals surface area contributed by atoms with Crippen molar-refractivity contribution >= 4 is 29.0 Å². The monoisotopic (exact) mass is 516 g/mol. The highest BCUT2D eigenvalue weighted by molar-refractivity contribution is 6.49. The number of pyridine rings is 2. The molecule has 0 aliphatic heterocycles. The number of aryl methyl sites for hydroxylation is 1. The quantitative estimate of drug-likeness (QED) is 0.271. The van der Waals surface area contributed by atoms with Crippen molar-refractivity contribution in [2.75, 3.05) is 31.3 Å². The number of benzene rings is 1. The number of carbonyl (C=O) groups excluding carboxylic acids is 2. The van der Waals surface area contributed by atoms with Gasteiger partial charge in [0.2, 0.25) is 5.88 Å². The highest BCUT2D eigenvalue weighted by atomic mass is 16.5. The minimum Gasteiger partial charge on any atom is -0.475 e. The molecule has 0 saturated carbocycles. The molecular formula is C29H36N6O3. The normalized spacial score (nSPS) is 11.3. The van der Waals surface area contributed by atoms with E-state index in [1.54, 1.807) is 44.8 Å². The average molecular weight is 517 g/mol. The fraction of sp³-hybridized carbons (Fsp3) is 0.345. The smallest absolute Gasteiger partial charge is 0.321 e. The lowest BCUT2D eigenvalue weighted by atomic mass is 9.97. The second-order valence-corrected chi connectivity index (χ2v) is 9.41. The lowest BCUT2D eigenvalue weighted by Crippen LogP contribution is -2.27. The Balaban J connectivity index is 1.91. The largest absolute Gasteiger partial charge is 0.475 e. The van der Waals surface area contributed by atoms with Gasteiger partial charge in [-0.1, -0.05) is 25.5 Å². The van der Waals surface area contributed by atoms with Crippen molar-refractivity contribution in [3.63, 3.8) is 0 Å². The van der Waals surface area contributed by atoms with Gasteiger partial charge in [0.15, 0.2) is 0 Å². The first-order valence-electron chi connectivity index (χ1n) is 12.7. The van der Waals surface area contributed by atoms with Crippen molar-refractivity contribution in [2.24, 2.45) is 4.99 Å².